The van der Waals surface area contributed by atoms with E-state index in [9.17, 15) is 9.59 Å². The highest BCUT2D eigenvalue weighted by Gasteiger charge is 2.17. The Hall–Kier alpha value is -3.19. The first-order valence-corrected chi connectivity index (χ1v) is 9.13. The van der Waals surface area contributed by atoms with Gasteiger partial charge in [0.25, 0.3) is 11.8 Å². The number of nitrogens with zero attached hydrogens (tertiary/aromatic N) is 1. The van der Waals surface area contributed by atoms with Crippen LogP contribution in [0.5, 0.6) is 5.75 Å². The van der Waals surface area contributed by atoms with E-state index in [4.69, 9.17) is 4.74 Å². The summed E-state index contributed by atoms with van der Waals surface area (Å²) in [6, 6.07) is 16.5. The predicted molar refractivity (Wildman–Crippen MR) is 105 cm³/mol. The first kappa shape index (κ1) is 18.6. The largest absolute Gasteiger partial charge is 0.497 e. The summed E-state index contributed by atoms with van der Waals surface area (Å²) in [5.74, 6) is 0.0774. The lowest BCUT2D eigenvalue weighted by Gasteiger charge is -2.04. The number of hydrogen-bond acceptors (Lipinski definition) is 5. The number of aromatic nitrogens is 1. The zero-order valence-electron chi connectivity index (χ0n) is 15.0. The van der Waals surface area contributed by atoms with Gasteiger partial charge in [-0.25, -0.2) is 4.98 Å². The van der Waals surface area contributed by atoms with Crippen molar-refractivity contribution in [2.24, 2.45) is 0 Å². The number of amides is 2. The van der Waals surface area contributed by atoms with E-state index in [2.05, 4.69) is 15.6 Å². The Morgan fingerprint density at radius 2 is 1.85 bits per heavy atom. The topological polar surface area (TPSA) is 80.3 Å². The summed E-state index contributed by atoms with van der Waals surface area (Å²) >= 11 is 1.15. The molecule has 0 fully saturated rings. The Kier molecular flexibility index (Phi) is 5.83. The number of hydrogen-bond donors (Lipinski definition) is 2. The molecule has 138 valence electrons. The molecule has 0 radical (unpaired) electrons. The third-order valence-corrected chi connectivity index (χ3v) is 4.92. The molecule has 0 saturated heterocycles. The van der Waals surface area contributed by atoms with E-state index in [1.165, 1.54) is 0 Å². The lowest BCUT2D eigenvalue weighted by Crippen LogP contribution is -2.22. The van der Waals surface area contributed by atoms with Crippen LogP contribution in [0.4, 0.5) is 5.13 Å². The molecule has 2 aromatic carbocycles. The second-order valence-electron chi connectivity index (χ2n) is 5.79. The van der Waals surface area contributed by atoms with Crippen molar-refractivity contribution in [2.75, 3.05) is 12.4 Å². The standard InChI is InChI=1S/C20H19N3O3S/c1-13-17(19(25)21-12-14-7-4-3-5-8-14)27-20(22-13)23-18(24)15-9-6-10-16(11-15)26-2/h3-11H,12H2,1-2H3,(H,21,25)(H,22,23,24). The smallest absolute Gasteiger partial charge is 0.263 e. The number of nitrogens with one attached hydrogen (secondary N) is 2. The van der Waals surface area contributed by atoms with Gasteiger partial charge in [0.2, 0.25) is 0 Å². The average molecular weight is 381 g/mol. The molecule has 1 heterocycles. The van der Waals surface area contributed by atoms with Gasteiger partial charge in [-0.1, -0.05) is 47.7 Å². The first-order valence-electron chi connectivity index (χ1n) is 8.32. The minimum absolute atomic E-state index is 0.212. The van der Waals surface area contributed by atoms with Crippen LogP contribution in [0.15, 0.2) is 54.6 Å². The van der Waals surface area contributed by atoms with E-state index in [0.29, 0.717) is 33.6 Å². The molecule has 2 amide bonds. The van der Waals surface area contributed by atoms with Gasteiger partial charge >= 0.3 is 0 Å². The molecule has 6 nitrogen and oxygen atoms in total. The van der Waals surface area contributed by atoms with Gasteiger partial charge in [0.1, 0.15) is 10.6 Å². The van der Waals surface area contributed by atoms with Crippen LogP contribution in [0.25, 0.3) is 0 Å². The Balaban J connectivity index is 1.66. The van der Waals surface area contributed by atoms with Gasteiger partial charge in [0.05, 0.1) is 12.8 Å². The Bertz CT molecular complexity index is 954. The lowest BCUT2D eigenvalue weighted by atomic mass is 10.2. The van der Waals surface area contributed by atoms with Crippen molar-refractivity contribution in [3.63, 3.8) is 0 Å². The van der Waals surface area contributed by atoms with Crippen LogP contribution in [-0.2, 0) is 6.54 Å². The Morgan fingerprint density at radius 1 is 1.07 bits per heavy atom. The molecule has 0 bridgehead atoms. The fraction of sp³-hybridized carbons (Fsp3) is 0.150. The normalized spacial score (nSPS) is 10.3. The maximum atomic E-state index is 12.4. The Morgan fingerprint density at radius 3 is 2.59 bits per heavy atom. The van der Waals surface area contributed by atoms with Crippen molar-refractivity contribution in [1.29, 1.82) is 0 Å². The SMILES string of the molecule is COc1cccc(C(=O)Nc2nc(C)c(C(=O)NCc3ccccc3)s2)c1. The second kappa shape index (κ2) is 8.46. The number of carbonyl (C=O) groups excluding carboxylic acids is 2. The van der Waals surface area contributed by atoms with E-state index in [1.54, 1.807) is 38.3 Å². The molecule has 0 aliphatic carbocycles. The molecule has 7 heteroatoms. The first-order chi connectivity index (χ1) is 13.1. The van der Waals surface area contributed by atoms with Crippen molar-refractivity contribution in [3.05, 3.63) is 76.3 Å². The molecule has 0 unspecified atom stereocenters. The zero-order chi connectivity index (χ0) is 19.2. The van der Waals surface area contributed by atoms with Crippen LogP contribution >= 0.6 is 11.3 Å². The molecule has 0 spiro atoms. The highest BCUT2D eigenvalue weighted by atomic mass is 32.1. The van der Waals surface area contributed by atoms with Crippen molar-refractivity contribution >= 4 is 28.3 Å². The Labute approximate surface area is 161 Å². The van der Waals surface area contributed by atoms with Crippen molar-refractivity contribution in [2.45, 2.75) is 13.5 Å². The summed E-state index contributed by atoms with van der Waals surface area (Å²) in [6.45, 7) is 2.18. The molecule has 0 saturated carbocycles. The number of benzene rings is 2. The molecule has 0 aliphatic heterocycles. The van der Waals surface area contributed by atoms with Crippen LogP contribution in [0.1, 0.15) is 31.3 Å². The highest BCUT2D eigenvalue weighted by Crippen LogP contribution is 2.23. The van der Waals surface area contributed by atoms with Gasteiger partial charge in [0, 0.05) is 12.1 Å². The second-order valence-corrected chi connectivity index (χ2v) is 6.79. The monoisotopic (exact) mass is 381 g/mol. The third-order valence-electron chi connectivity index (χ3n) is 3.85. The third kappa shape index (κ3) is 4.71. The van der Waals surface area contributed by atoms with Gasteiger partial charge in [-0.3, -0.25) is 14.9 Å². The lowest BCUT2D eigenvalue weighted by molar-refractivity contribution is 0.0953. The van der Waals surface area contributed by atoms with Gasteiger partial charge in [-0.15, -0.1) is 0 Å². The maximum absolute atomic E-state index is 12.4. The van der Waals surface area contributed by atoms with Crippen LogP contribution in [0.3, 0.4) is 0 Å². The average Bonchev–Trinajstić information content (AvgIpc) is 3.07. The molecule has 1 aromatic heterocycles. The van der Waals surface area contributed by atoms with Gasteiger partial charge in [-0.2, -0.15) is 0 Å². The zero-order valence-corrected chi connectivity index (χ0v) is 15.8. The molecule has 0 aliphatic rings. The molecule has 2 N–H and O–H groups in total. The van der Waals surface area contributed by atoms with Gasteiger partial charge < -0.3 is 10.1 Å². The quantitative estimate of drug-likeness (QED) is 0.683. The number of thiazole rings is 1. The van der Waals surface area contributed by atoms with E-state index < -0.39 is 0 Å². The van der Waals surface area contributed by atoms with Crippen LogP contribution < -0.4 is 15.4 Å². The molecule has 27 heavy (non-hydrogen) atoms. The summed E-state index contributed by atoms with van der Waals surface area (Å²) in [7, 11) is 1.54. The number of aryl methyl sites for hydroxylation is 1. The van der Waals surface area contributed by atoms with E-state index >= 15 is 0 Å². The number of carbonyl (C=O) groups is 2. The number of ether oxygens (including phenoxy) is 1. The van der Waals surface area contributed by atoms with Gasteiger partial charge in [0.15, 0.2) is 5.13 Å². The minimum atomic E-state index is -0.307. The number of anilines is 1. The summed E-state index contributed by atoms with van der Waals surface area (Å²) in [5, 5.41) is 5.98. The maximum Gasteiger partial charge on any atom is 0.263 e. The van der Waals surface area contributed by atoms with Crippen LogP contribution in [0.2, 0.25) is 0 Å². The van der Waals surface area contributed by atoms with Crippen molar-refractivity contribution < 1.29 is 14.3 Å². The van der Waals surface area contributed by atoms with Crippen LogP contribution in [0, 0.1) is 6.92 Å². The summed E-state index contributed by atoms with van der Waals surface area (Å²) in [6.07, 6.45) is 0. The van der Waals surface area contributed by atoms with Crippen LogP contribution in [-0.4, -0.2) is 23.9 Å². The number of rotatable bonds is 6. The number of methoxy groups -OCH3 is 1. The fourth-order valence-corrected chi connectivity index (χ4v) is 3.33. The summed E-state index contributed by atoms with van der Waals surface area (Å²) in [4.78, 5) is 29.6. The molecule has 3 aromatic rings. The van der Waals surface area contributed by atoms with Crippen molar-refractivity contribution in [1.82, 2.24) is 10.3 Å². The molecule has 3 rings (SSSR count). The van der Waals surface area contributed by atoms with E-state index in [0.717, 1.165) is 16.9 Å². The molecular weight excluding hydrogens is 362 g/mol. The van der Waals surface area contributed by atoms with Crippen molar-refractivity contribution in [3.8, 4) is 5.75 Å². The minimum Gasteiger partial charge on any atom is -0.497 e. The summed E-state index contributed by atoms with van der Waals surface area (Å²) in [5.41, 5.74) is 2.04. The van der Waals surface area contributed by atoms with Gasteiger partial charge in [-0.05, 0) is 30.7 Å². The van der Waals surface area contributed by atoms with E-state index in [-0.39, 0.29) is 11.8 Å². The summed E-state index contributed by atoms with van der Waals surface area (Å²) < 4.78 is 5.13. The fourth-order valence-electron chi connectivity index (χ4n) is 2.45. The predicted octanol–water partition coefficient (Wildman–Crippen LogP) is 3.64. The molecule has 0 atom stereocenters. The highest BCUT2D eigenvalue weighted by molar-refractivity contribution is 7.17. The molecular formula is C20H19N3O3S. The van der Waals surface area contributed by atoms with E-state index in [1.807, 2.05) is 30.3 Å².